The van der Waals surface area contributed by atoms with Crippen LogP contribution in [0.15, 0.2) is 54.9 Å². The minimum atomic E-state index is -0.429. The molecule has 0 spiro atoms. The lowest BCUT2D eigenvalue weighted by Crippen LogP contribution is -2.08. The van der Waals surface area contributed by atoms with Crippen LogP contribution in [0, 0.1) is 6.92 Å². The number of esters is 1. The van der Waals surface area contributed by atoms with Gasteiger partial charge in [-0.3, -0.25) is 9.97 Å². The van der Waals surface area contributed by atoms with Gasteiger partial charge in [0, 0.05) is 12.4 Å². The monoisotopic (exact) mass is 330 g/mol. The van der Waals surface area contributed by atoms with Crippen LogP contribution in [-0.2, 0) is 11.3 Å². The summed E-state index contributed by atoms with van der Waals surface area (Å²) in [6.07, 6.45) is 3.20. The minimum absolute atomic E-state index is 0.0704. The van der Waals surface area contributed by atoms with Gasteiger partial charge in [0.1, 0.15) is 6.61 Å². The first-order valence-corrected chi connectivity index (χ1v) is 7.81. The second-order valence-electron chi connectivity index (χ2n) is 5.58. The molecular weight excluding hydrogens is 316 g/mol. The Morgan fingerprint density at radius 3 is 2.44 bits per heavy atom. The van der Waals surface area contributed by atoms with Gasteiger partial charge in [-0.05, 0) is 37.3 Å². The van der Waals surface area contributed by atoms with E-state index in [2.05, 4.69) is 19.9 Å². The van der Waals surface area contributed by atoms with Gasteiger partial charge in [-0.25, -0.2) is 14.8 Å². The van der Waals surface area contributed by atoms with Gasteiger partial charge in [0.15, 0.2) is 0 Å². The molecule has 0 aliphatic carbocycles. The number of aryl methyl sites for hydroxylation is 1. The molecule has 0 amide bonds. The quantitative estimate of drug-likeness (QED) is 0.537. The van der Waals surface area contributed by atoms with Crippen molar-refractivity contribution in [1.29, 1.82) is 0 Å². The van der Waals surface area contributed by atoms with Crippen molar-refractivity contribution in [2.24, 2.45) is 0 Å². The minimum Gasteiger partial charge on any atom is -0.456 e. The van der Waals surface area contributed by atoms with E-state index in [1.807, 2.05) is 31.2 Å². The van der Waals surface area contributed by atoms with Gasteiger partial charge in [0.25, 0.3) is 0 Å². The van der Waals surface area contributed by atoms with Crippen LogP contribution in [-0.4, -0.2) is 25.9 Å². The molecule has 25 heavy (non-hydrogen) atoms. The van der Waals surface area contributed by atoms with Crippen molar-refractivity contribution in [2.45, 2.75) is 13.5 Å². The van der Waals surface area contributed by atoms with Crippen molar-refractivity contribution in [3.05, 3.63) is 71.8 Å². The van der Waals surface area contributed by atoms with E-state index >= 15 is 0 Å². The normalized spacial score (nSPS) is 10.9. The first-order valence-electron chi connectivity index (χ1n) is 7.81. The van der Waals surface area contributed by atoms with E-state index in [-0.39, 0.29) is 6.61 Å². The smallest absolute Gasteiger partial charge is 0.338 e. The van der Waals surface area contributed by atoms with Crippen LogP contribution in [0.3, 0.4) is 0 Å². The molecule has 0 bridgehead atoms. The molecule has 0 fully saturated rings. The summed E-state index contributed by atoms with van der Waals surface area (Å²) >= 11 is 0. The van der Waals surface area contributed by atoms with Crippen LogP contribution >= 0.6 is 0 Å². The number of rotatable bonds is 3. The zero-order valence-electron chi connectivity index (χ0n) is 13.5. The lowest BCUT2D eigenvalue weighted by molar-refractivity contribution is 0.0467. The van der Waals surface area contributed by atoms with Crippen LogP contribution in [0.5, 0.6) is 0 Å². The Labute approximate surface area is 143 Å². The number of hydrogen-bond donors (Lipinski definition) is 0. The van der Waals surface area contributed by atoms with Crippen LogP contribution in [0.4, 0.5) is 0 Å². The van der Waals surface area contributed by atoms with Gasteiger partial charge in [-0.1, -0.05) is 12.1 Å². The number of benzene rings is 2. The third kappa shape index (κ3) is 3.01. The molecule has 0 radical (unpaired) electrons. The molecule has 0 N–H and O–H groups in total. The number of aromatic nitrogens is 4. The van der Waals surface area contributed by atoms with E-state index < -0.39 is 5.97 Å². The molecule has 0 atom stereocenters. The van der Waals surface area contributed by atoms with E-state index in [9.17, 15) is 4.79 Å². The topological polar surface area (TPSA) is 77.9 Å². The molecule has 2 aromatic heterocycles. The zero-order chi connectivity index (χ0) is 17.2. The second kappa shape index (κ2) is 6.24. The Morgan fingerprint density at radius 2 is 1.64 bits per heavy atom. The first kappa shape index (κ1) is 15.1. The predicted octanol–water partition coefficient (Wildman–Crippen LogP) is 3.24. The Balaban J connectivity index is 1.55. The Kier molecular flexibility index (Phi) is 3.78. The van der Waals surface area contributed by atoms with E-state index in [0.717, 1.165) is 22.2 Å². The van der Waals surface area contributed by atoms with Gasteiger partial charge in [0.2, 0.25) is 0 Å². The molecule has 2 aromatic carbocycles. The lowest BCUT2D eigenvalue weighted by atomic mass is 10.2. The summed E-state index contributed by atoms with van der Waals surface area (Å²) in [6.45, 7) is 1.93. The highest BCUT2D eigenvalue weighted by molar-refractivity contribution is 5.93. The fraction of sp³-hybridized carbons (Fsp3) is 0.105. The molecule has 6 nitrogen and oxygen atoms in total. The fourth-order valence-electron chi connectivity index (χ4n) is 2.57. The maximum atomic E-state index is 12.3. The summed E-state index contributed by atoms with van der Waals surface area (Å²) < 4.78 is 5.40. The predicted molar refractivity (Wildman–Crippen MR) is 92.9 cm³/mol. The molecule has 6 heteroatoms. The maximum absolute atomic E-state index is 12.3. The highest BCUT2D eigenvalue weighted by Crippen LogP contribution is 2.15. The van der Waals surface area contributed by atoms with Crippen LogP contribution in [0.2, 0.25) is 0 Å². The third-order valence-corrected chi connectivity index (χ3v) is 3.89. The lowest BCUT2D eigenvalue weighted by Gasteiger charge is -2.08. The Hall–Kier alpha value is -3.41. The molecule has 4 rings (SSSR count). The van der Waals surface area contributed by atoms with Crippen molar-refractivity contribution in [3.8, 4) is 0 Å². The zero-order valence-corrected chi connectivity index (χ0v) is 13.5. The number of ether oxygens (including phenoxy) is 1. The highest BCUT2D eigenvalue weighted by Gasteiger charge is 2.12. The fourth-order valence-corrected chi connectivity index (χ4v) is 2.57. The van der Waals surface area contributed by atoms with Gasteiger partial charge >= 0.3 is 5.97 Å². The summed E-state index contributed by atoms with van der Waals surface area (Å²) in [6, 6.07) is 12.7. The number of nitrogens with zero attached hydrogens (tertiary/aromatic N) is 4. The van der Waals surface area contributed by atoms with E-state index in [1.54, 1.807) is 30.6 Å². The van der Waals surface area contributed by atoms with Gasteiger partial charge in [-0.2, -0.15) is 0 Å². The van der Waals surface area contributed by atoms with Crippen LogP contribution in [0.25, 0.3) is 22.1 Å². The molecule has 0 unspecified atom stereocenters. The first-order chi connectivity index (χ1) is 12.2. The number of carbonyl (C=O) groups excluding carboxylic acids is 1. The molecule has 2 heterocycles. The van der Waals surface area contributed by atoms with Crippen molar-refractivity contribution in [3.63, 3.8) is 0 Å². The third-order valence-electron chi connectivity index (χ3n) is 3.89. The van der Waals surface area contributed by atoms with E-state index in [4.69, 9.17) is 4.74 Å². The molecular formula is C19H14N4O2. The molecule has 0 aliphatic heterocycles. The number of fused-ring (bicyclic) bond motifs is 2. The van der Waals surface area contributed by atoms with Gasteiger partial charge < -0.3 is 4.74 Å². The molecule has 0 saturated carbocycles. The second-order valence-corrected chi connectivity index (χ2v) is 5.58. The Bertz CT molecular complexity index is 1090. The van der Waals surface area contributed by atoms with Crippen molar-refractivity contribution in [1.82, 2.24) is 19.9 Å². The molecule has 0 aliphatic rings. The molecule has 122 valence electrons. The summed E-state index contributed by atoms with van der Waals surface area (Å²) in [4.78, 5) is 29.7. The Morgan fingerprint density at radius 1 is 0.920 bits per heavy atom. The maximum Gasteiger partial charge on any atom is 0.338 e. The number of para-hydroxylation sites is 2. The van der Waals surface area contributed by atoms with Crippen molar-refractivity contribution in [2.75, 3.05) is 0 Å². The molecule has 0 saturated heterocycles. The average Bonchev–Trinajstić information content (AvgIpc) is 2.65. The van der Waals surface area contributed by atoms with Gasteiger partial charge in [-0.15, -0.1) is 0 Å². The van der Waals surface area contributed by atoms with Crippen molar-refractivity contribution >= 4 is 28.0 Å². The number of carbonyl (C=O) groups is 1. The van der Waals surface area contributed by atoms with Gasteiger partial charge in [0.05, 0.1) is 39.0 Å². The van der Waals surface area contributed by atoms with E-state index in [1.165, 1.54) is 0 Å². The standard InChI is InChI=1S/C19H14N4O2/c1-12-18(23-16-5-3-2-4-15(16)22-12)11-25-19(24)13-6-7-14-17(10-13)21-9-8-20-14/h2-10H,11H2,1H3. The van der Waals surface area contributed by atoms with Crippen molar-refractivity contribution < 1.29 is 9.53 Å². The summed E-state index contributed by atoms with van der Waals surface area (Å²) in [7, 11) is 0. The molecule has 4 aromatic rings. The summed E-state index contributed by atoms with van der Waals surface area (Å²) in [5, 5.41) is 0. The van der Waals surface area contributed by atoms with E-state index in [0.29, 0.717) is 16.8 Å². The average molecular weight is 330 g/mol. The van der Waals surface area contributed by atoms with Crippen LogP contribution < -0.4 is 0 Å². The summed E-state index contributed by atoms with van der Waals surface area (Å²) in [5.41, 5.74) is 4.81. The highest BCUT2D eigenvalue weighted by atomic mass is 16.5. The number of hydrogen-bond acceptors (Lipinski definition) is 6. The summed E-state index contributed by atoms with van der Waals surface area (Å²) in [5.74, 6) is -0.429. The SMILES string of the molecule is Cc1nc2ccccc2nc1COC(=O)c1ccc2nccnc2c1. The van der Waals surface area contributed by atoms with Crippen LogP contribution in [0.1, 0.15) is 21.7 Å². The largest absolute Gasteiger partial charge is 0.456 e.